The van der Waals surface area contributed by atoms with Crippen molar-refractivity contribution in [2.24, 2.45) is 0 Å². The summed E-state index contributed by atoms with van der Waals surface area (Å²) in [6.45, 7) is 1.73. The van der Waals surface area contributed by atoms with E-state index < -0.39 is 0 Å². The summed E-state index contributed by atoms with van der Waals surface area (Å²) in [5.74, 6) is 1.55. The summed E-state index contributed by atoms with van der Waals surface area (Å²) in [6.07, 6.45) is 0. The van der Waals surface area contributed by atoms with Crippen LogP contribution in [0, 0.1) is 0 Å². The van der Waals surface area contributed by atoms with E-state index in [2.05, 4.69) is 10.5 Å². The minimum absolute atomic E-state index is 0.103. The van der Waals surface area contributed by atoms with Crippen LogP contribution >= 0.6 is 0 Å². The number of benzene rings is 2. The van der Waals surface area contributed by atoms with Gasteiger partial charge in [0.2, 0.25) is 0 Å². The molecule has 1 heterocycles. The number of ether oxygens (including phenoxy) is 1. The van der Waals surface area contributed by atoms with E-state index in [1.807, 2.05) is 60.7 Å². The van der Waals surface area contributed by atoms with E-state index in [9.17, 15) is 0 Å². The predicted molar refractivity (Wildman–Crippen MR) is 91.5 cm³/mol. The van der Waals surface area contributed by atoms with Crippen LogP contribution in [0.1, 0.15) is 11.3 Å². The Kier molecular flexibility index (Phi) is 5.61. The fraction of sp³-hybridized carbons (Fsp3) is 0.211. The van der Waals surface area contributed by atoms with Gasteiger partial charge in [0.25, 0.3) is 0 Å². The molecule has 0 unspecified atom stereocenters. The van der Waals surface area contributed by atoms with E-state index in [-0.39, 0.29) is 6.61 Å². The highest BCUT2D eigenvalue weighted by Crippen LogP contribution is 2.22. The first-order valence-electron chi connectivity index (χ1n) is 7.89. The molecule has 2 aromatic carbocycles. The second-order valence-corrected chi connectivity index (χ2v) is 5.38. The van der Waals surface area contributed by atoms with Crippen LogP contribution in [0.3, 0.4) is 0 Å². The van der Waals surface area contributed by atoms with E-state index in [1.165, 1.54) is 0 Å². The molecule has 2 N–H and O–H groups in total. The second-order valence-electron chi connectivity index (χ2n) is 5.38. The van der Waals surface area contributed by atoms with Gasteiger partial charge in [-0.05, 0) is 29.8 Å². The van der Waals surface area contributed by atoms with Gasteiger partial charge in [0.15, 0.2) is 5.76 Å². The van der Waals surface area contributed by atoms with Crippen LogP contribution in [0.4, 0.5) is 0 Å². The van der Waals surface area contributed by atoms with Crippen LogP contribution in [0.5, 0.6) is 5.75 Å². The number of hydrogen-bond acceptors (Lipinski definition) is 5. The Hall–Kier alpha value is -2.63. The van der Waals surface area contributed by atoms with Crippen LogP contribution in [-0.2, 0) is 13.2 Å². The van der Waals surface area contributed by atoms with Gasteiger partial charge < -0.3 is 19.7 Å². The Bertz CT molecular complexity index is 739. The molecule has 0 fully saturated rings. The van der Waals surface area contributed by atoms with E-state index in [0.29, 0.717) is 19.7 Å². The van der Waals surface area contributed by atoms with Crippen LogP contribution in [-0.4, -0.2) is 23.4 Å². The quantitative estimate of drug-likeness (QED) is 0.624. The van der Waals surface area contributed by atoms with E-state index in [4.69, 9.17) is 14.4 Å². The molecule has 0 amide bonds. The molecule has 5 nitrogen and oxygen atoms in total. The Balaban J connectivity index is 1.58. The number of hydrogen-bond donors (Lipinski definition) is 2. The molecule has 0 aliphatic heterocycles. The third kappa shape index (κ3) is 4.44. The fourth-order valence-corrected chi connectivity index (χ4v) is 2.29. The van der Waals surface area contributed by atoms with Crippen molar-refractivity contribution in [3.05, 3.63) is 72.0 Å². The molecule has 3 rings (SSSR count). The predicted octanol–water partition coefficient (Wildman–Crippen LogP) is 3.00. The number of nitrogens with one attached hydrogen (secondary N) is 1. The minimum Gasteiger partial charge on any atom is -0.489 e. The first kappa shape index (κ1) is 16.2. The average molecular weight is 324 g/mol. The summed E-state index contributed by atoms with van der Waals surface area (Å²) >= 11 is 0. The molecule has 24 heavy (non-hydrogen) atoms. The van der Waals surface area contributed by atoms with Gasteiger partial charge in [-0.25, -0.2) is 0 Å². The molecular formula is C19H20N2O3. The lowest BCUT2D eigenvalue weighted by molar-refractivity contribution is 0.287. The van der Waals surface area contributed by atoms with Gasteiger partial charge in [-0.3, -0.25) is 0 Å². The molecule has 124 valence electrons. The molecule has 1 aromatic heterocycles. The number of aromatic nitrogens is 1. The van der Waals surface area contributed by atoms with Gasteiger partial charge in [0.1, 0.15) is 18.1 Å². The fourth-order valence-electron chi connectivity index (χ4n) is 2.29. The SMILES string of the molecule is OCCNCc1cc(-c2ccc(OCc3ccccc3)cc2)no1. The smallest absolute Gasteiger partial charge is 0.151 e. The highest BCUT2D eigenvalue weighted by atomic mass is 16.5. The lowest BCUT2D eigenvalue weighted by atomic mass is 10.1. The Morgan fingerprint density at radius 2 is 1.83 bits per heavy atom. The summed E-state index contributed by atoms with van der Waals surface area (Å²) < 4.78 is 11.1. The third-order valence-electron chi connectivity index (χ3n) is 3.55. The molecule has 0 bridgehead atoms. The van der Waals surface area contributed by atoms with Crippen molar-refractivity contribution in [3.8, 4) is 17.0 Å². The minimum atomic E-state index is 0.103. The van der Waals surface area contributed by atoms with Crippen LogP contribution in [0.2, 0.25) is 0 Å². The van der Waals surface area contributed by atoms with Gasteiger partial charge in [-0.2, -0.15) is 0 Å². The molecule has 5 heteroatoms. The van der Waals surface area contributed by atoms with Crippen LogP contribution in [0.15, 0.2) is 65.2 Å². The molecule has 0 aliphatic rings. The largest absolute Gasteiger partial charge is 0.489 e. The monoisotopic (exact) mass is 324 g/mol. The zero-order chi connectivity index (χ0) is 16.6. The molecule has 0 radical (unpaired) electrons. The molecular weight excluding hydrogens is 304 g/mol. The van der Waals surface area contributed by atoms with Crippen LogP contribution in [0.25, 0.3) is 11.3 Å². The third-order valence-corrected chi connectivity index (χ3v) is 3.55. The maximum atomic E-state index is 8.75. The normalized spacial score (nSPS) is 10.7. The molecule has 0 saturated carbocycles. The Labute approximate surface area is 140 Å². The number of aliphatic hydroxyl groups excluding tert-OH is 1. The first-order chi connectivity index (χ1) is 11.8. The van der Waals surface area contributed by atoms with Crippen molar-refractivity contribution < 1.29 is 14.4 Å². The second kappa shape index (κ2) is 8.29. The summed E-state index contributed by atoms with van der Waals surface area (Å²) in [7, 11) is 0. The van der Waals surface area contributed by atoms with Crippen molar-refractivity contribution in [2.45, 2.75) is 13.2 Å². The summed E-state index contributed by atoms with van der Waals surface area (Å²) in [5, 5.41) is 15.9. The number of nitrogens with zero attached hydrogens (tertiary/aromatic N) is 1. The van der Waals surface area contributed by atoms with Crippen molar-refractivity contribution >= 4 is 0 Å². The highest BCUT2D eigenvalue weighted by molar-refractivity contribution is 5.59. The lowest BCUT2D eigenvalue weighted by Crippen LogP contribution is -2.16. The summed E-state index contributed by atoms with van der Waals surface area (Å²) in [6, 6.07) is 19.7. The highest BCUT2D eigenvalue weighted by Gasteiger charge is 2.06. The molecule has 0 saturated heterocycles. The van der Waals surface area contributed by atoms with Gasteiger partial charge >= 0.3 is 0 Å². The summed E-state index contributed by atoms with van der Waals surface area (Å²) in [4.78, 5) is 0. The van der Waals surface area contributed by atoms with Gasteiger partial charge in [0.05, 0.1) is 13.2 Å². The van der Waals surface area contributed by atoms with Gasteiger partial charge in [-0.1, -0.05) is 35.5 Å². The molecule has 0 atom stereocenters. The zero-order valence-electron chi connectivity index (χ0n) is 13.3. The Morgan fingerprint density at radius 1 is 1.04 bits per heavy atom. The van der Waals surface area contributed by atoms with Crippen molar-refractivity contribution in [1.82, 2.24) is 10.5 Å². The maximum Gasteiger partial charge on any atom is 0.151 e. The zero-order valence-corrected chi connectivity index (χ0v) is 13.3. The van der Waals surface area contributed by atoms with Crippen LogP contribution < -0.4 is 10.1 Å². The van der Waals surface area contributed by atoms with Crippen molar-refractivity contribution in [2.75, 3.05) is 13.2 Å². The van der Waals surface area contributed by atoms with Gasteiger partial charge in [0, 0.05) is 18.2 Å². The Morgan fingerprint density at radius 3 is 2.58 bits per heavy atom. The number of rotatable bonds is 8. The van der Waals surface area contributed by atoms with Crippen molar-refractivity contribution in [1.29, 1.82) is 0 Å². The topological polar surface area (TPSA) is 67.5 Å². The van der Waals surface area contributed by atoms with Gasteiger partial charge in [-0.15, -0.1) is 0 Å². The molecule has 3 aromatic rings. The number of aliphatic hydroxyl groups is 1. The maximum absolute atomic E-state index is 8.75. The van der Waals surface area contributed by atoms with E-state index in [0.717, 1.165) is 28.3 Å². The summed E-state index contributed by atoms with van der Waals surface area (Å²) in [5.41, 5.74) is 2.89. The van der Waals surface area contributed by atoms with Crippen molar-refractivity contribution in [3.63, 3.8) is 0 Å². The van der Waals surface area contributed by atoms with E-state index in [1.54, 1.807) is 0 Å². The average Bonchev–Trinajstić information content (AvgIpc) is 3.10. The standard InChI is InChI=1S/C19H20N2O3/c22-11-10-20-13-18-12-19(21-24-18)16-6-8-17(9-7-16)23-14-15-4-2-1-3-5-15/h1-9,12,20,22H,10-11,13-14H2. The lowest BCUT2D eigenvalue weighted by Gasteiger charge is -2.06. The molecule has 0 aliphatic carbocycles. The molecule has 0 spiro atoms. The first-order valence-corrected chi connectivity index (χ1v) is 7.89. The van der Waals surface area contributed by atoms with E-state index >= 15 is 0 Å².